The molecule has 4 rings (SSSR count). The summed E-state index contributed by atoms with van der Waals surface area (Å²) in [4.78, 5) is 37.2. The van der Waals surface area contributed by atoms with E-state index in [2.05, 4.69) is 5.32 Å². The molecule has 0 aromatic heterocycles. The number of alkyl carbamates (subject to hydrolysis) is 1. The monoisotopic (exact) mass is 472 g/mol. The van der Waals surface area contributed by atoms with Gasteiger partial charge < -0.3 is 20.1 Å². The van der Waals surface area contributed by atoms with Gasteiger partial charge >= 0.3 is 12.1 Å². The lowest BCUT2D eigenvalue weighted by Crippen LogP contribution is -2.46. The number of nitrogens with zero attached hydrogens (tertiary/aromatic N) is 1. The summed E-state index contributed by atoms with van der Waals surface area (Å²) in [5.41, 5.74) is 4.32. The quantitative estimate of drug-likeness (QED) is 0.638. The summed E-state index contributed by atoms with van der Waals surface area (Å²) >= 11 is 0. The Kier molecular flexibility index (Phi) is 6.54. The standard InChI is InChI=1S/C25H26F2N2O5/c1-2-15(22(30)29-14-25(26,27)11-21(29)23(31)32)12-28-24(33)34-13-20-18-9-5-3-7-16(18)17-8-4-6-10-19(17)20/h3-10,15,20-21H,2,11-14H2,1H3,(H,28,33)(H,31,32)/t15?,21-/m0/s1. The first kappa shape index (κ1) is 23.7. The second-order valence-electron chi connectivity index (χ2n) is 8.69. The van der Waals surface area contributed by atoms with Gasteiger partial charge in [-0.2, -0.15) is 0 Å². The van der Waals surface area contributed by atoms with Gasteiger partial charge in [-0.05, 0) is 28.7 Å². The number of rotatable bonds is 7. The van der Waals surface area contributed by atoms with Gasteiger partial charge in [0.2, 0.25) is 5.91 Å². The topological polar surface area (TPSA) is 95.9 Å². The van der Waals surface area contributed by atoms with Crippen molar-refractivity contribution in [2.24, 2.45) is 5.92 Å². The van der Waals surface area contributed by atoms with Crippen molar-refractivity contribution in [3.05, 3.63) is 59.7 Å². The third-order valence-corrected chi connectivity index (χ3v) is 6.52. The fourth-order valence-corrected chi connectivity index (χ4v) is 4.77. The molecule has 1 fully saturated rings. The SMILES string of the molecule is CCC(CNC(=O)OCC1c2ccccc2-c2ccccc21)C(=O)N1CC(F)(F)C[C@H]1C(=O)O. The Morgan fingerprint density at radius 2 is 1.71 bits per heavy atom. The molecule has 0 bridgehead atoms. The zero-order chi connectivity index (χ0) is 24.5. The van der Waals surface area contributed by atoms with Crippen LogP contribution in [0.2, 0.25) is 0 Å². The highest BCUT2D eigenvalue weighted by Crippen LogP contribution is 2.44. The minimum absolute atomic E-state index is 0.101. The van der Waals surface area contributed by atoms with E-state index in [4.69, 9.17) is 4.74 Å². The number of amides is 2. The van der Waals surface area contributed by atoms with Crippen molar-refractivity contribution < 1.29 is 33.0 Å². The third-order valence-electron chi connectivity index (χ3n) is 6.52. The molecule has 34 heavy (non-hydrogen) atoms. The maximum atomic E-state index is 13.8. The number of carboxylic acids is 1. The van der Waals surface area contributed by atoms with E-state index >= 15 is 0 Å². The van der Waals surface area contributed by atoms with Crippen LogP contribution >= 0.6 is 0 Å². The van der Waals surface area contributed by atoms with Crippen LogP contribution in [0.15, 0.2) is 48.5 Å². The van der Waals surface area contributed by atoms with Crippen LogP contribution in [0, 0.1) is 5.92 Å². The number of benzene rings is 2. The first-order valence-corrected chi connectivity index (χ1v) is 11.2. The molecule has 2 N–H and O–H groups in total. The van der Waals surface area contributed by atoms with Crippen LogP contribution in [0.5, 0.6) is 0 Å². The average Bonchev–Trinajstić information content (AvgIpc) is 3.32. The van der Waals surface area contributed by atoms with Crippen molar-refractivity contribution in [1.29, 1.82) is 0 Å². The first-order valence-electron chi connectivity index (χ1n) is 11.2. The van der Waals surface area contributed by atoms with Crippen LogP contribution in [0.3, 0.4) is 0 Å². The number of nitrogens with one attached hydrogen (secondary N) is 1. The Balaban J connectivity index is 1.36. The zero-order valence-corrected chi connectivity index (χ0v) is 18.7. The number of alkyl halides is 2. The lowest BCUT2D eigenvalue weighted by Gasteiger charge is -2.26. The molecule has 9 heteroatoms. The molecule has 1 aliphatic carbocycles. The summed E-state index contributed by atoms with van der Waals surface area (Å²) in [6.07, 6.45) is -1.39. The Labute approximate surface area is 195 Å². The molecular weight excluding hydrogens is 446 g/mol. The number of aliphatic carboxylic acids is 1. The van der Waals surface area contributed by atoms with Crippen LogP contribution in [-0.2, 0) is 14.3 Å². The van der Waals surface area contributed by atoms with Gasteiger partial charge in [0, 0.05) is 18.9 Å². The van der Waals surface area contributed by atoms with Crippen LogP contribution in [0.25, 0.3) is 11.1 Å². The molecule has 1 heterocycles. The Morgan fingerprint density at radius 3 is 2.26 bits per heavy atom. The number of likely N-dealkylation sites (tertiary alicyclic amines) is 1. The number of halogens is 2. The van der Waals surface area contributed by atoms with Gasteiger partial charge in [0.05, 0.1) is 12.5 Å². The predicted molar refractivity (Wildman–Crippen MR) is 120 cm³/mol. The number of fused-ring (bicyclic) bond motifs is 3. The normalized spacial score (nSPS) is 19.3. The van der Waals surface area contributed by atoms with Crippen molar-refractivity contribution in [2.75, 3.05) is 19.7 Å². The predicted octanol–water partition coefficient (Wildman–Crippen LogP) is 3.87. The van der Waals surface area contributed by atoms with E-state index in [9.17, 15) is 28.3 Å². The number of ether oxygens (including phenoxy) is 1. The highest BCUT2D eigenvalue weighted by atomic mass is 19.3. The van der Waals surface area contributed by atoms with Gasteiger partial charge in [0.15, 0.2) is 0 Å². The zero-order valence-electron chi connectivity index (χ0n) is 18.7. The van der Waals surface area contributed by atoms with Crippen molar-refractivity contribution in [3.8, 4) is 11.1 Å². The minimum Gasteiger partial charge on any atom is -0.480 e. The maximum absolute atomic E-state index is 13.8. The van der Waals surface area contributed by atoms with E-state index in [0.29, 0.717) is 4.90 Å². The molecular formula is C25H26F2N2O5. The van der Waals surface area contributed by atoms with Gasteiger partial charge in [-0.25, -0.2) is 18.4 Å². The highest BCUT2D eigenvalue weighted by Gasteiger charge is 2.51. The molecule has 1 aliphatic heterocycles. The van der Waals surface area contributed by atoms with Crippen molar-refractivity contribution in [3.63, 3.8) is 0 Å². The van der Waals surface area contributed by atoms with Crippen LogP contribution in [-0.4, -0.2) is 59.6 Å². The van der Waals surface area contributed by atoms with E-state index in [1.807, 2.05) is 48.5 Å². The molecule has 2 aromatic rings. The number of hydrogen-bond acceptors (Lipinski definition) is 4. The second kappa shape index (κ2) is 9.40. The molecule has 7 nitrogen and oxygen atoms in total. The highest BCUT2D eigenvalue weighted by molar-refractivity contribution is 5.86. The van der Waals surface area contributed by atoms with Gasteiger partial charge in [-0.15, -0.1) is 0 Å². The van der Waals surface area contributed by atoms with Crippen molar-refractivity contribution in [2.45, 2.75) is 37.6 Å². The first-order chi connectivity index (χ1) is 16.2. The van der Waals surface area contributed by atoms with Crippen LogP contribution in [0.1, 0.15) is 36.8 Å². The summed E-state index contributed by atoms with van der Waals surface area (Å²) in [5, 5.41) is 11.8. The van der Waals surface area contributed by atoms with E-state index in [-0.39, 0.29) is 25.5 Å². The molecule has 1 saturated heterocycles. The Morgan fingerprint density at radius 1 is 1.12 bits per heavy atom. The molecule has 0 radical (unpaired) electrons. The maximum Gasteiger partial charge on any atom is 0.407 e. The molecule has 1 unspecified atom stereocenters. The molecule has 2 aliphatic rings. The number of carbonyl (C=O) groups excluding carboxylic acids is 2. The van der Waals surface area contributed by atoms with E-state index < -0.39 is 48.8 Å². The van der Waals surface area contributed by atoms with Gasteiger partial charge in [0.25, 0.3) is 5.92 Å². The minimum atomic E-state index is -3.25. The largest absolute Gasteiger partial charge is 0.480 e. The Hall–Kier alpha value is -3.49. The van der Waals surface area contributed by atoms with Crippen LogP contribution in [0.4, 0.5) is 13.6 Å². The summed E-state index contributed by atoms with van der Waals surface area (Å²) in [5.74, 6) is -6.39. The lowest BCUT2D eigenvalue weighted by atomic mass is 9.98. The fourth-order valence-electron chi connectivity index (χ4n) is 4.77. The second-order valence-corrected chi connectivity index (χ2v) is 8.69. The number of carbonyl (C=O) groups is 3. The summed E-state index contributed by atoms with van der Waals surface area (Å²) in [6, 6.07) is 14.2. The number of carboxylic acid groups (broad SMARTS) is 1. The summed E-state index contributed by atoms with van der Waals surface area (Å²) < 4.78 is 33.0. The third kappa shape index (κ3) is 4.60. The Bertz CT molecular complexity index is 1060. The molecule has 0 saturated carbocycles. The van der Waals surface area contributed by atoms with E-state index in [0.717, 1.165) is 22.3 Å². The van der Waals surface area contributed by atoms with Gasteiger partial charge in [0.1, 0.15) is 12.6 Å². The molecule has 180 valence electrons. The number of hydrogen-bond donors (Lipinski definition) is 2. The molecule has 2 amide bonds. The van der Waals surface area contributed by atoms with E-state index in [1.54, 1.807) is 6.92 Å². The van der Waals surface area contributed by atoms with E-state index in [1.165, 1.54) is 0 Å². The van der Waals surface area contributed by atoms with Gasteiger partial charge in [-0.3, -0.25) is 4.79 Å². The smallest absolute Gasteiger partial charge is 0.407 e. The van der Waals surface area contributed by atoms with Gasteiger partial charge in [-0.1, -0.05) is 55.5 Å². The fraction of sp³-hybridized carbons (Fsp3) is 0.400. The molecule has 2 aromatic carbocycles. The summed E-state index contributed by atoms with van der Waals surface area (Å²) in [7, 11) is 0. The molecule has 2 atom stereocenters. The molecule has 0 spiro atoms. The van der Waals surface area contributed by atoms with Crippen LogP contribution < -0.4 is 5.32 Å². The van der Waals surface area contributed by atoms with Crippen molar-refractivity contribution in [1.82, 2.24) is 10.2 Å². The van der Waals surface area contributed by atoms with Crippen molar-refractivity contribution >= 4 is 18.0 Å². The average molecular weight is 472 g/mol. The lowest BCUT2D eigenvalue weighted by molar-refractivity contribution is -0.149. The summed E-state index contributed by atoms with van der Waals surface area (Å²) in [6.45, 7) is 0.695.